The molecule has 6 heteroatoms. The Morgan fingerprint density at radius 1 is 0.955 bits per heavy atom. The van der Waals surface area contributed by atoms with Crippen molar-refractivity contribution < 1.29 is 0 Å². The maximum Gasteiger partial charge on any atom is 0.293 e. The number of benzene rings is 1. The molecule has 0 unspecified atom stereocenters. The van der Waals surface area contributed by atoms with Gasteiger partial charge in [-0.15, -0.1) is 0 Å². The van der Waals surface area contributed by atoms with Gasteiger partial charge in [0, 0.05) is 25.1 Å². The van der Waals surface area contributed by atoms with E-state index in [2.05, 4.69) is 20.6 Å². The van der Waals surface area contributed by atoms with Crippen LogP contribution in [-0.4, -0.2) is 14.5 Å². The van der Waals surface area contributed by atoms with Crippen LogP contribution in [0.2, 0.25) is 0 Å². The second-order valence-electron chi connectivity index (χ2n) is 4.74. The van der Waals surface area contributed by atoms with Gasteiger partial charge in [0.05, 0.1) is 11.9 Å². The summed E-state index contributed by atoms with van der Waals surface area (Å²) in [5, 5.41) is 6.16. The van der Waals surface area contributed by atoms with Gasteiger partial charge in [-0.05, 0) is 24.3 Å². The molecule has 2 aromatic heterocycles. The van der Waals surface area contributed by atoms with Crippen LogP contribution >= 0.6 is 0 Å². The van der Waals surface area contributed by atoms with E-state index < -0.39 is 0 Å². The first kappa shape index (κ1) is 13.8. The second-order valence-corrected chi connectivity index (χ2v) is 4.74. The van der Waals surface area contributed by atoms with Gasteiger partial charge in [-0.25, -0.2) is 9.97 Å². The molecule has 0 saturated heterocycles. The molecule has 0 saturated carbocycles. The quantitative estimate of drug-likeness (QED) is 0.773. The Bertz CT molecular complexity index is 812. The molecule has 3 aromatic rings. The Kier molecular flexibility index (Phi) is 3.82. The van der Waals surface area contributed by atoms with Crippen LogP contribution in [0.3, 0.4) is 0 Å². The zero-order valence-corrected chi connectivity index (χ0v) is 12.0. The summed E-state index contributed by atoms with van der Waals surface area (Å²) < 4.78 is 1.47. The maximum absolute atomic E-state index is 11.9. The van der Waals surface area contributed by atoms with Crippen LogP contribution in [0.25, 0.3) is 0 Å². The molecule has 0 fully saturated rings. The van der Waals surface area contributed by atoms with Crippen molar-refractivity contribution in [2.45, 2.75) is 0 Å². The highest BCUT2D eigenvalue weighted by Gasteiger charge is 2.03. The van der Waals surface area contributed by atoms with Gasteiger partial charge in [0.25, 0.3) is 5.56 Å². The van der Waals surface area contributed by atoms with E-state index in [-0.39, 0.29) is 11.4 Å². The molecule has 2 heterocycles. The molecular formula is C16H15N5O. The number of aromatic nitrogens is 3. The van der Waals surface area contributed by atoms with Crippen molar-refractivity contribution in [2.75, 3.05) is 10.6 Å². The monoisotopic (exact) mass is 293 g/mol. The molecule has 0 radical (unpaired) electrons. The van der Waals surface area contributed by atoms with E-state index in [1.165, 1.54) is 4.57 Å². The van der Waals surface area contributed by atoms with Crippen molar-refractivity contribution in [1.82, 2.24) is 14.5 Å². The van der Waals surface area contributed by atoms with E-state index in [1.54, 1.807) is 25.6 Å². The fourth-order valence-corrected chi connectivity index (χ4v) is 1.93. The summed E-state index contributed by atoms with van der Waals surface area (Å²) in [7, 11) is 1.68. The van der Waals surface area contributed by atoms with E-state index in [0.717, 1.165) is 11.5 Å². The highest BCUT2D eigenvalue weighted by Crippen LogP contribution is 2.16. The van der Waals surface area contributed by atoms with Crippen LogP contribution < -0.4 is 16.2 Å². The lowest BCUT2D eigenvalue weighted by atomic mass is 10.3. The predicted octanol–water partition coefficient (Wildman–Crippen LogP) is 2.66. The van der Waals surface area contributed by atoms with Gasteiger partial charge in [0.15, 0.2) is 5.82 Å². The maximum atomic E-state index is 11.9. The summed E-state index contributed by atoms with van der Waals surface area (Å²) >= 11 is 0. The summed E-state index contributed by atoms with van der Waals surface area (Å²) in [5.74, 6) is 1.00. The van der Waals surface area contributed by atoms with E-state index in [4.69, 9.17) is 0 Å². The number of pyridine rings is 1. The van der Waals surface area contributed by atoms with Gasteiger partial charge in [-0.3, -0.25) is 4.79 Å². The number of nitrogens with one attached hydrogen (secondary N) is 2. The molecule has 0 atom stereocenters. The number of hydrogen-bond acceptors (Lipinski definition) is 5. The van der Waals surface area contributed by atoms with Crippen molar-refractivity contribution in [2.24, 2.45) is 7.05 Å². The average molecular weight is 293 g/mol. The fourth-order valence-electron chi connectivity index (χ4n) is 1.93. The number of para-hydroxylation sites is 1. The van der Waals surface area contributed by atoms with E-state index >= 15 is 0 Å². The van der Waals surface area contributed by atoms with Crippen LogP contribution in [0.4, 0.5) is 23.0 Å². The minimum atomic E-state index is -0.186. The van der Waals surface area contributed by atoms with E-state index in [9.17, 15) is 4.79 Å². The third-order valence-electron chi connectivity index (χ3n) is 3.09. The zero-order chi connectivity index (χ0) is 15.4. The van der Waals surface area contributed by atoms with Crippen molar-refractivity contribution in [3.63, 3.8) is 0 Å². The molecular weight excluding hydrogens is 278 g/mol. The Morgan fingerprint density at radius 2 is 1.77 bits per heavy atom. The Labute approximate surface area is 127 Å². The van der Waals surface area contributed by atoms with Gasteiger partial charge in [-0.2, -0.15) is 0 Å². The summed E-state index contributed by atoms with van der Waals surface area (Å²) in [6.07, 6.45) is 4.83. The highest BCUT2D eigenvalue weighted by molar-refractivity contribution is 5.60. The smallest absolute Gasteiger partial charge is 0.293 e. The van der Waals surface area contributed by atoms with Gasteiger partial charge in [-0.1, -0.05) is 18.2 Å². The van der Waals surface area contributed by atoms with Crippen LogP contribution in [-0.2, 0) is 7.05 Å². The molecule has 1 aromatic carbocycles. The number of hydrogen-bond donors (Lipinski definition) is 2. The molecule has 0 aliphatic heterocycles. The van der Waals surface area contributed by atoms with Crippen LogP contribution in [0.15, 0.2) is 65.8 Å². The molecule has 3 rings (SSSR count). The first-order chi connectivity index (χ1) is 10.7. The fraction of sp³-hybridized carbons (Fsp3) is 0.0625. The SMILES string of the molecule is Cn1ccnc(Nc2ccc(Nc3ccccc3)nc2)c1=O. The predicted molar refractivity (Wildman–Crippen MR) is 86.7 cm³/mol. The Morgan fingerprint density at radius 3 is 2.50 bits per heavy atom. The van der Waals surface area contributed by atoms with Gasteiger partial charge < -0.3 is 15.2 Å². The summed E-state index contributed by atoms with van der Waals surface area (Å²) in [6.45, 7) is 0. The topological polar surface area (TPSA) is 71.8 Å². The molecule has 0 bridgehead atoms. The summed E-state index contributed by atoms with van der Waals surface area (Å²) in [4.78, 5) is 20.2. The number of nitrogens with zero attached hydrogens (tertiary/aromatic N) is 3. The Balaban J connectivity index is 1.74. The first-order valence-electron chi connectivity index (χ1n) is 6.79. The zero-order valence-electron chi connectivity index (χ0n) is 12.0. The average Bonchev–Trinajstić information content (AvgIpc) is 2.55. The lowest BCUT2D eigenvalue weighted by Gasteiger charge is -2.08. The van der Waals surface area contributed by atoms with E-state index in [1.807, 2.05) is 42.5 Å². The normalized spacial score (nSPS) is 10.2. The number of rotatable bonds is 4. The van der Waals surface area contributed by atoms with E-state index in [0.29, 0.717) is 5.69 Å². The third-order valence-corrected chi connectivity index (χ3v) is 3.09. The first-order valence-corrected chi connectivity index (χ1v) is 6.79. The van der Waals surface area contributed by atoms with Crippen molar-refractivity contribution in [1.29, 1.82) is 0 Å². The van der Waals surface area contributed by atoms with Gasteiger partial charge >= 0.3 is 0 Å². The Hall–Kier alpha value is -3.15. The molecule has 22 heavy (non-hydrogen) atoms. The van der Waals surface area contributed by atoms with Crippen molar-refractivity contribution in [3.05, 3.63) is 71.4 Å². The molecule has 6 nitrogen and oxygen atoms in total. The molecule has 0 aliphatic rings. The minimum Gasteiger partial charge on any atom is -0.340 e. The lowest BCUT2D eigenvalue weighted by molar-refractivity contribution is 0.845. The molecule has 0 amide bonds. The van der Waals surface area contributed by atoms with Gasteiger partial charge in [0.1, 0.15) is 5.82 Å². The highest BCUT2D eigenvalue weighted by atomic mass is 16.1. The summed E-state index contributed by atoms with van der Waals surface area (Å²) in [5.41, 5.74) is 1.48. The van der Waals surface area contributed by atoms with Crippen LogP contribution in [0.5, 0.6) is 0 Å². The molecule has 110 valence electrons. The van der Waals surface area contributed by atoms with Gasteiger partial charge in [0.2, 0.25) is 0 Å². The summed E-state index contributed by atoms with van der Waals surface area (Å²) in [6, 6.07) is 13.5. The minimum absolute atomic E-state index is 0.186. The van der Waals surface area contributed by atoms with Crippen LogP contribution in [0.1, 0.15) is 0 Å². The standard InChI is InChI=1S/C16H15N5O/c1-21-10-9-17-15(16(21)22)20-13-7-8-14(18-11-13)19-12-5-3-2-4-6-12/h2-11H,1H3,(H,17,20)(H,18,19). The third kappa shape index (κ3) is 3.12. The molecule has 0 aliphatic carbocycles. The number of anilines is 4. The van der Waals surface area contributed by atoms with Crippen LogP contribution in [0, 0.1) is 0 Å². The number of aryl methyl sites for hydroxylation is 1. The largest absolute Gasteiger partial charge is 0.340 e. The second kappa shape index (κ2) is 6.09. The molecule has 2 N–H and O–H groups in total. The molecule has 0 spiro atoms. The van der Waals surface area contributed by atoms with Crippen molar-refractivity contribution >= 4 is 23.0 Å². The van der Waals surface area contributed by atoms with Crippen molar-refractivity contribution in [3.8, 4) is 0 Å². The lowest BCUT2D eigenvalue weighted by Crippen LogP contribution is -2.20.